The number of aromatic nitrogens is 2. The van der Waals surface area contributed by atoms with Gasteiger partial charge in [0.15, 0.2) is 0 Å². The minimum absolute atomic E-state index is 0.511. The van der Waals surface area contributed by atoms with Crippen molar-refractivity contribution in [3.05, 3.63) is 23.8 Å². The predicted molar refractivity (Wildman–Crippen MR) is 65.0 cm³/mol. The maximum Gasteiger partial charge on any atom is 0.0724 e. The molecule has 0 aliphatic heterocycles. The highest BCUT2D eigenvalue weighted by Gasteiger charge is 2.30. The third kappa shape index (κ3) is 3.01. The summed E-state index contributed by atoms with van der Waals surface area (Å²) in [5.41, 5.74) is 2.53. The molecule has 0 saturated heterocycles. The van der Waals surface area contributed by atoms with Gasteiger partial charge in [-0.1, -0.05) is 13.8 Å². The molecular formula is C13H21N3. The van der Waals surface area contributed by atoms with E-state index in [-0.39, 0.29) is 0 Å². The normalized spacial score (nSPS) is 23.6. The van der Waals surface area contributed by atoms with Crippen molar-refractivity contribution < 1.29 is 0 Å². The highest BCUT2D eigenvalue weighted by molar-refractivity contribution is 5.00. The largest absolute Gasteiger partial charge is 0.308 e. The van der Waals surface area contributed by atoms with E-state index in [2.05, 4.69) is 29.1 Å². The summed E-state index contributed by atoms with van der Waals surface area (Å²) in [6, 6.07) is 0.651. The fraction of sp³-hybridized carbons (Fsp3) is 0.692. The molecule has 1 heterocycles. The van der Waals surface area contributed by atoms with Crippen LogP contribution in [0.3, 0.4) is 0 Å². The van der Waals surface area contributed by atoms with Crippen LogP contribution in [0.25, 0.3) is 0 Å². The van der Waals surface area contributed by atoms with Crippen LogP contribution in [0.5, 0.6) is 0 Å². The van der Waals surface area contributed by atoms with E-state index in [0.717, 1.165) is 17.9 Å². The van der Waals surface area contributed by atoms with Crippen LogP contribution in [0.2, 0.25) is 0 Å². The lowest BCUT2D eigenvalue weighted by Crippen LogP contribution is -2.27. The van der Waals surface area contributed by atoms with Crippen molar-refractivity contribution in [3.63, 3.8) is 0 Å². The molecule has 1 saturated carbocycles. The first-order valence-corrected chi connectivity index (χ1v) is 6.06. The van der Waals surface area contributed by atoms with E-state index in [9.17, 15) is 0 Å². The molecule has 88 valence electrons. The Morgan fingerprint density at radius 3 is 2.75 bits per heavy atom. The van der Waals surface area contributed by atoms with Gasteiger partial charge in [-0.2, -0.15) is 0 Å². The molecule has 1 aromatic rings. The van der Waals surface area contributed by atoms with Gasteiger partial charge in [0, 0.05) is 25.0 Å². The second-order valence-corrected chi connectivity index (χ2v) is 5.63. The van der Waals surface area contributed by atoms with Crippen LogP contribution < -0.4 is 5.32 Å². The third-order valence-electron chi connectivity index (χ3n) is 3.37. The standard InChI is InChI=1S/C13H21N3/c1-10-7-15-12(8-14-10)9-16-11-4-5-13(2,3)6-11/h7-8,11,16H,4-6,9H2,1-3H3. The molecular weight excluding hydrogens is 198 g/mol. The van der Waals surface area contributed by atoms with Crippen molar-refractivity contribution in [1.29, 1.82) is 0 Å². The first-order chi connectivity index (χ1) is 7.55. The van der Waals surface area contributed by atoms with Crippen molar-refractivity contribution in [2.45, 2.75) is 52.6 Å². The molecule has 1 N–H and O–H groups in total. The van der Waals surface area contributed by atoms with Crippen LogP contribution in [-0.2, 0) is 6.54 Å². The molecule has 16 heavy (non-hydrogen) atoms. The Labute approximate surface area is 97.7 Å². The lowest BCUT2D eigenvalue weighted by atomic mass is 9.92. The van der Waals surface area contributed by atoms with Gasteiger partial charge in [0.25, 0.3) is 0 Å². The molecule has 0 spiro atoms. The highest BCUT2D eigenvalue weighted by Crippen LogP contribution is 2.36. The average molecular weight is 219 g/mol. The van der Waals surface area contributed by atoms with Crippen LogP contribution in [0.1, 0.15) is 44.5 Å². The van der Waals surface area contributed by atoms with E-state index in [1.54, 1.807) is 0 Å². The quantitative estimate of drug-likeness (QED) is 0.848. The van der Waals surface area contributed by atoms with Gasteiger partial charge in [-0.05, 0) is 31.6 Å². The number of hydrogen-bond donors (Lipinski definition) is 1. The summed E-state index contributed by atoms with van der Waals surface area (Å²) in [7, 11) is 0. The smallest absolute Gasteiger partial charge is 0.0724 e. The molecule has 1 unspecified atom stereocenters. The second kappa shape index (κ2) is 4.50. The maximum atomic E-state index is 4.35. The van der Waals surface area contributed by atoms with E-state index >= 15 is 0 Å². The SMILES string of the molecule is Cc1cnc(CNC2CCC(C)(C)C2)cn1. The Morgan fingerprint density at radius 2 is 2.19 bits per heavy atom. The van der Waals surface area contributed by atoms with E-state index in [4.69, 9.17) is 0 Å². The monoisotopic (exact) mass is 219 g/mol. The van der Waals surface area contributed by atoms with Crippen LogP contribution in [0.4, 0.5) is 0 Å². The summed E-state index contributed by atoms with van der Waals surface area (Å²) in [4.78, 5) is 8.60. The Hall–Kier alpha value is -0.960. The Morgan fingerprint density at radius 1 is 1.38 bits per heavy atom. The van der Waals surface area contributed by atoms with Crippen LogP contribution in [-0.4, -0.2) is 16.0 Å². The van der Waals surface area contributed by atoms with E-state index in [1.807, 2.05) is 19.3 Å². The van der Waals surface area contributed by atoms with Gasteiger partial charge < -0.3 is 5.32 Å². The summed E-state index contributed by atoms with van der Waals surface area (Å²) < 4.78 is 0. The van der Waals surface area contributed by atoms with E-state index in [1.165, 1.54) is 19.3 Å². The van der Waals surface area contributed by atoms with Crippen molar-refractivity contribution in [2.75, 3.05) is 0 Å². The zero-order valence-electron chi connectivity index (χ0n) is 10.5. The molecule has 1 atom stereocenters. The fourth-order valence-corrected chi connectivity index (χ4v) is 2.37. The van der Waals surface area contributed by atoms with Crippen LogP contribution in [0.15, 0.2) is 12.4 Å². The lowest BCUT2D eigenvalue weighted by molar-refractivity contribution is 0.364. The molecule has 0 amide bonds. The van der Waals surface area contributed by atoms with Gasteiger partial charge in [-0.15, -0.1) is 0 Å². The third-order valence-corrected chi connectivity index (χ3v) is 3.37. The zero-order chi connectivity index (χ0) is 11.6. The van der Waals surface area contributed by atoms with Crippen molar-refractivity contribution in [3.8, 4) is 0 Å². The Kier molecular flexibility index (Phi) is 3.24. The zero-order valence-corrected chi connectivity index (χ0v) is 10.5. The predicted octanol–water partition coefficient (Wildman–Crippen LogP) is 2.45. The molecule has 3 heteroatoms. The number of nitrogens with one attached hydrogen (secondary N) is 1. The van der Waals surface area contributed by atoms with E-state index in [0.29, 0.717) is 11.5 Å². The van der Waals surface area contributed by atoms with Gasteiger partial charge in [0.05, 0.1) is 11.4 Å². The summed E-state index contributed by atoms with van der Waals surface area (Å²) in [6.45, 7) is 7.50. The molecule has 0 bridgehead atoms. The molecule has 0 aromatic carbocycles. The second-order valence-electron chi connectivity index (χ2n) is 5.63. The molecule has 1 fully saturated rings. The van der Waals surface area contributed by atoms with Gasteiger partial charge in [-0.3, -0.25) is 9.97 Å². The topological polar surface area (TPSA) is 37.8 Å². The number of hydrogen-bond acceptors (Lipinski definition) is 3. The van der Waals surface area contributed by atoms with Crippen molar-refractivity contribution in [1.82, 2.24) is 15.3 Å². The minimum atomic E-state index is 0.511. The van der Waals surface area contributed by atoms with Crippen LogP contribution in [0, 0.1) is 12.3 Å². The molecule has 3 nitrogen and oxygen atoms in total. The highest BCUT2D eigenvalue weighted by atomic mass is 14.9. The van der Waals surface area contributed by atoms with Gasteiger partial charge in [0.1, 0.15) is 0 Å². The molecule has 1 aliphatic rings. The Balaban J connectivity index is 1.82. The van der Waals surface area contributed by atoms with Gasteiger partial charge in [-0.25, -0.2) is 0 Å². The van der Waals surface area contributed by atoms with Gasteiger partial charge >= 0.3 is 0 Å². The maximum absolute atomic E-state index is 4.35. The number of nitrogens with zero attached hydrogens (tertiary/aromatic N) is 2. The van der Waals surface area contributed by atoms with Crippen molar-refractivity contribution >= 4 is 0 Å². The molecule has 1 aromatic heterocycles. The summed E-state index contributed by atoms with van der Waals surface area (Å²) in [5, 5.41) is 3.57. The fourth-order valence-electron chi connectivity index (χ4n) is 2.37. The summed E-state index contributed by atoms with van der Waals surface area (Å²) in [6.07, 6.45) is 7.57. The van der Waals surface area contributed by atoms with Crippen LogP contribution >= 0.6 is 0 Å². The Bertz CT molecular complexity index is 343. The molecule has 2 rings (SSSR count). The lowest BCUT2D eigenvalue weighted by Gasteiger charge is -2.17. The first kappa shape index (κ1) is 11.5. The molecule has 0 radical (unpaired) electrons. The van der Waals surface area contributed by atoms with Gasteiger partial charge in [0.2, 0.25) is 0 Å². The first-order valence-electron chi connectivity index (χ1n) is 6.06. The van der Waals surface area contributed by atoms with Crippen molar-refractivity contribution in [2.24, 2.45) is 5.41 Å². The average Bonchev–Trinajstić information content (AvgIpc) is 2.58. The summed E-state index contributed by atoms with van der Waals surface area (Å²) >= 11 is 0. The minimum Gasteiger partial charge on any atom is -0.308 e. The van der Waals surface area contributed by atoms with E-state index < -0.39 is 0 Å². The number of aryl methyl sites for hydroxylation is 1. The number of rotatable bonds is 3. The summed E-state index contributed by atoms with van der Waals surface area (Å²) in [5.74, 6) is 0. The molecule has 1 aliphatic carbocycles.